The molecule has 0 unspecified atom stereocenters. The van der Waals surface area contributed by atoms with Crippen LogP contribution in [0.4, 0.5) is 5.82 Å². The molecule has 0 aliphatic rings. The summed E-state index contributed by atoms with van der Waals surface area (Å²) in [5, 5.41) is 16.3. The number of hydrogen-bond acceptors (Lipinski definition) is 4. The van der Waals surface area contributed by atoms with Gasteiger partial charge in [0.2, 0.25) is 0 Å². The molecule has 2 N–H and O–H groups in total. The number of anilines is 1. The van der Waals surface area contributed by atoms with Crippen LogP contribution >= 0.6 is 0 Å². The first-order valence-electron chi connectivity index (χ1n) is 6.10. The molecule has 0 saturated heterocycles. The molecule has 0 aliphatic heterocycles. The molecule has 2 rings (SSSR count). The lowest BCUT2D eigenvalue weighted by Gasteiger charge is -2.03. The van der Waals surface area contributed by atoms with Crippen LogP contribution in [0.25, 0.3) is 16.1 Å². The van der Waals surface area contributed by atoms with Crippen LogP contribution in [0.2, 0.25) is 0 Å². The SMILES string of the molecule is N#Cc1cnn(-c2ccc(C#CCCN=[N+]=[N-])cc2)c1N. The van der Waals surface area contributed by atoms with Crippen molar-refractivity contribution in [3.05, 3.63) is 52.0 Å². The largest absolute Gasteiger partial charge is 0.382 e. The fourth-order valence-corrected chi connectivity index (χ4v) is 1.65. The van der Waals surface area contributed by atoms with E-state index < -0.39 is 0 Å². The van der Waals surface area contributed by atoms with Crippen molar-refractivity contribution in [1.29, 1.82) is 5.26 Å². The number of nitrogen functional groups attached to an aromatic ring is 1. The molecule has 0 radical (unpaired) electrons. The van der Waals surface area contributed by atoms with Crippen molar-refractivity contribution >= 4 is 5.82 Å². The van der Waals surface area contributed by atoms with Crippen molar-refractivity contribution in [3.8, 4) is 23.6 Å². The zero-order valence-electron chi connectivity index (χ0n) is 11.1. The van der Waals surface area contributed by atoms with Crippen molar-refractivity contribution in [1.82, 2.24) is 9.78 Å². The van der Waals surface area contributed by atoms with E-state index in [0.29, 0.717) is 24.3 Å². The Morgan fingerprint density at radius 2 is 2.14 bits per heavy atom. The third kappa shape index (κ3) is 3.32. The first-order valence-corrected chi connectivity index (χ1v) is 6.10. The number of nitrogens with two attached hydrogens (primary N) is 1. The lowest BCUT2D eigenvalue weighted by Crippen LogP contribution is -2.02. The number of nitrogens with zero attached hydrogens (tertiary/aromatic N) is 6. The minimum Gasteiger partial charge on any atom is -0.382 e. The van der Waals surface area contributed by atoms with Crippen LogP contribution in [-0.4, -0.2) is 16.3 Å². The highest BCUT2D eigenvalue weighted by atomic mass is 15.3. The van der Waals surface area contributed by atoms with E-state index in [4.69, 9.17) is 16.5 Å². The normalized spacial score (nSPS) is 9.10. The van der Waals surface area contributed by atoms with E-state index in [9.17, 15) is 0 Å². The molecule has 21 heavy (non-hydrogen) atoms. The molecule has 102 valence electrons. The zero-order valence-corrected chi connectivity index (χ0v) is 11.1. The van der Waals surface area contributed by atoms with Gasteiger partial charge in [0.15, 0.2) is 0 Å². The smallest absolute Gasteiger partial charge is 0.145 e. The van der Waals surface area contributed by atoms with E-state index >= 15 is 0 Å². The maximum Gasteiger partial charge on any atom is 0.145 e. The Balaban J connectivity index is 2.13. The summed E-state index contributed by atoms with van der Waals surface area (Å²) in [4.78, 5) is 2.66. The predicted octanol–water partition coefficient (Wildman–Crippen LogP) is 2.38. The number of benzene rings is 1. The van der Waals surface area contributed by atoms with Crippen molar-refractivity contribution in [3.63, 3.8) is 0 Å². The average molecular weight is 277 g/mol. The van der Waals surface area contributed by atoms with Gasteiger partial charge in [-0.15, -0.1) is 0 Å². The van der Waals surface area contributed by atoms with Crippen LogP contribution in [0, 0.1) is 23.2 Å². The molecule has 2 aromatic rings. The molecule has 0 fully saturated rings. The van der Waals surface area contributed by atoms with Gasteiger partial charge in [-0.3, -0.25) is 0 Å². The number of azide groups is 1. The Morgan fingerprint density at radius 1 is 1.38 bits per heavy atom. The summed E-state index contributed by atoms with van der Waals surface area (Å²) in [5.74, 6) is 6.19. The van der Waals surface area contributed by atoms with E-state index in [1.807, 2.05) is 30.3 Å². The third-order valence-electron chi connectivity index (χ3n) is 2.67. The van der Waals surface area contributed by atoms with E-state index in [0.717, 1.165) is 11.3 Å². The van der Waals surface area contributed by atoms with Crippen LogP contribution in [0.3, 0.4) is 0 Å². The number of hydrogen-bond donors (Lipinski definition) is 1. The summed E-state index contributed by atoms with van der Waals surface area (Å²) in [6.07, 6.45) is 1.95. The molecule has 7 nitrogen and oxygen atoms in total. The Labute approximate surface area is 121 Å². The summed E-state index contributed by atoms with van der Waals surface area (Å²) in [6.45, 7) is 0.363. The Hall–Kier alpha value is -3.41. The number of aromatic nitrogens is 2. The van der Waals surface area contributed by atoms with Gasteiger partial charge in [-0.25, -0.2) is 4.68 Å². The highest BCUT2D eigenvalue weighted by Crippen LogP contribution is 2.16. The summed E-state index contributed by atoms with van der Waals surface area (Å²) in [7, 11) is 0. The lowest BCUT2D eigenvalue weighted by atomic mass is 10.2. The number of nitriles is 1. The molecule has 0 atom stereocenters. The number of rotatable bonds is 3. The summed E-state index contributed by atoms with van der Waals surface area (Å²) >= 11 is 0. The molecule has 0 bridgehead atoms. The van der Waals surface area contributed by atoms with E-state index in [2.05, 4.69) is 27.0 Å². The predicted molar refractivity (Wildman–Crippen MR) is 78.2 cm³/mol. The topological polar surface area (TPSA) is 116 Å². The molecule has 1 aromatic carbocycles. The zero-order chi connectivity index (χ0) is 15.1. The molecule has 0 spiro atoms. The molecule has 0 amide bonds. The van der Waals surface area contributed by atoms with Crippen molar-refractivity contribution in [2.75, 3.05) is 12.3 Å². The van der Waals surface area contributed by atoms with Crippen LogP contribution in [0.15, 0.2) is 35.6 Å². The van der Waals surface area contributed by atoms with Gasteiger partial charge in [0.05, 0.1) is 11.9 Å². The van der Waals surface area contributed by atoms with E-state index in [-0.39, 0.29) is 0 Å². The highest BCUT2D eigenvalue weighted by Gasteiger charge is 2.07. The van der Waals surface area contributed by atoms with Gasteiger partial charge in [0.25, 0.3) is 0 Å². The van der Waals surface area contributed by atoms with Crippen molar-refractivity contribution in [2.45, 2.75) is 6.42 Å². The minimum absolute atomic E-state index is 0.311. The van der Waals surface area contributed by atoms with Crippen LogP contribution in [0.5, 0.6) is 0 Å². The summed E-state index contributed by atoms with van der Waals surface area (Å²) in [5.41, 5.74) is 15.9. The first kappa shape index (κ1) is 14.0. The van der Waals surface area contributed by atoms with Gasteiger partial charge < -0.3 is 5.73 Å². The van der Waals surface area contributed by atoms with Gasteiger partial charge in [-0.05, 0) is 29.8 Å². The molecule has 0 saturated carbocycles. The van der Waals surface area contributed by atoms with Gasteiger partial charge in [0, 0.05) is 23.4 Å². The monoisotopic (exact) mass is 277 g/mol. The van der Waals surface area contributed by atoms with Crippen LogP contribution < -0.4 is 5.73 Å². The van der Waals surface area contributed by atoms with E-state index in [1.165, 1.54) is 10.9 Å². The molecular formula is C14H11N7. The first-order chi connectivity index (χ1) is 10.3. The van der Waals surface area contributed by atoms with Crippen molar-refractivity contribution in [2.24, 2.45) is 5.11 Å². The maximum absolute atomic E-state index is 8.85. The highest BCUT2D eigenvalue weighted by molar-refractivity contribution is 5.53. The fraction of sp³-hybridized carbons (Fsp3) is 0.143. The molecular weight excluding hydrogens is 266 g/mol. The molecule has 7 heteroatoms. The molecule has 1 aromatic heterocycles. The maximum atomic E-state index is 8.85. The second-order valence-electron chi connectivity index (χ2n) is 4.02. The van der Waals surface area contributed by atoms with E-state index in [1.54, 1.807) is 0 Å². The summed E-state index contributed by atoms with van der Waals surface area (Å²) < 4.78 is 1.50. The van der Waals surface area contributed by atoms with Crippen molar-refractivity contribution < 1.29 is 0 Å². The fourth-order valence-electron chi connectivity index (χ4n) is 1.65. The van der Waals surface area contributed by atoms with Gasteiger partial charge in [0.1, 0.15) is 17.5 Å². The lowest BCUT2D eigenvalue weighted by molar-refractivity contribution is 0.891. The Morgan fingerprint density at radius 3 is 2.76 bits per heavy atom. The molecule has 1 heterocycles. The van der Waals surface area contributed by atoms with Gasteiger partial charge in [-0.1, -0.05) is 17.0 Å². The quantitative estimate of drug-likeness (QED) is 0.305. The Bertz CT molecular complexity index is 777. The van der Waals surface area contributed by atoms with Gasteiger partial charge >= 0.3 is 0 Å². The van der Waals surface area contributed by atoms with Crippen LogP contribution in [-0.2, 0) is 0 Å². The average Bonchev–Trinajstić information content (AvgIpc) is 2.88. The van der Waals surface area contributed by atoms with Crippen LogP contribution in [0.1, 0.15) is 17.5 Å². The minimum atomic E-state index is 0.311. The third-order valence-corrected chi connectivity index (χ3v) is 2.67. The second-order valence-corrected chi connectivity index (χ2v) is 4.02. The van der Waals surface area contributed by atoms with Gasteiger partial charge in [-0.2, -0.15) is 10.4 Å². The molecule has 0 aliphatic carbocycles. The standard InChI is InChI=1S/C14H11N7/c15-9-12-10-19-21(14(12)16)13-6-4-11(5-7-13)3-1-2-8-18-20-17/h4-7,10H,2,8,16H2. The Kier molecular flexibility index (Phi) is 4.45. The second kappa shape index (κ2) is 6.67. The summed E-state index contributed by atoms with van der Waals surface area (Å²) in [6, 6.07) is 9.29.